The van der Waals surface area contributed by atoms with Gasteiger partial charge in [-0.2, -0.15) is 0 Å². The average molecular weight is 266 g/mol. The molecule has 0 saturated heterocycles. The largest absolute Gasteiger partial charge is 0.240 e. The number of nitrogens with zero attached hydrogens (tertiary/aromatic N) is 3. The van der Waals surface area contributed by atoms with Crippen LogP contribution in [0.2, 0.25) is 10.4 Å². The first-order valence-corrected chi connectivity index (χ1v) is 6.40. The van der Waals surface area contributed by atoms with Crippen LogP contribution in [0.15, 0.2) is 12.3 Å². The lowest BCUT2D eigenvalue weighted by molar-refractivity contribution is 0.595. The standard InChI is InChI=1S/C7H5Cl2N3O2S/c1-15(13,14)12-3-2-4-5(12)6(8)11-7(9)10-4/h2-3H,1H3. The van der Waals surface area contributed by atoms with Crippen molar-refractivity contribution in [1.29, 1.82) is 0 Å². The van der Waals surface area contributed by atoms with E-state index in [1.807, 2.05) is 0 Å². The first kappa shape index (κ1) is 10.7. The lowest BCUT2D eigenvalue weighted by atomic mass is 10.5. The predicted octanol–water partition coefficient (Wildman–Crippen LogP) is 1.55. The van der Waals surface area contributed by atoms with E-state index >= 15 is 0 Å². The molecule has 0 bridgehead atoms. The minimum Gasteiger partial charge on any atom is -0.240 e. The highest BCUT2D eigenvalue weighted by atomic mass is 35.5. The first-order chi connectivity index (χ1) is 6.89. The Labute approximate surface area is 95.7 Å². The topological polar surface area (TPSA) is 64.8 Å². The second-order valence-corrected chi connectivity index (χ2v) is 5.45. The first-order valence-electron chi connectivity index (χ1n) is 3.80. The van der Waals surface area contributed by atoms with Crippen LogP contribution in [-0.2, 0) is 10.0 Å². The molecule has 2 aromatic heterocycles. The number of hydrogen-bond donors (Lipinski definition) is 0. The van der Waals surface area contributed by atoms with Gasteiger partial charge in [-0.15, -0.1) is 0 Å². The van der Waals surface area contributed by atoms with E-state index in [0.29, 0.717) is 5.52 Å². The minimum atomic E-state index is -3.41. The maximum Gasteiger partial charge on any atom is 0.236 e. The Balaban J connectivity index is 2.93. The Kier molecular flexibility index (Phi) is 2.37. The molecule has 0 saturated carbocycles. The van der Waals surface area contributed by atoms with E-state index in [9.17, 15) is 8.42 Å². The number of halogens is 2. The van der Waals surface area contributed by atoms with E-state index in [0.717, 1.165) is 10.2 Å². The third kappa shape index (κ3) is 1.80. The molecule has 5 nitrogen and oxygen atoms in total. The van der Waals surface area contributed by atoms with Gasteiger partial charge >= 0.3 is 0 Å². The second-order valence-electron chi connectivity index (χ2n) is 2.89. The van der Waals surface area contributed by atoms with Gasteiger partial charge in [0.25, 0.3) is 0 Å². The molecule has 15 heavy (non-hydrogen) atoms. The Morgan fingerprint density at radius 3 is 2.60 bits per heavy atom. The molecule has 0 amide bonds. The smallest absolute Gasteiger partial charge is 0.236 e. The molecule has 0 aliphatic rings. The van der Waals surface area contributed by atoms with Gasteiger partial charge in [-0.3, -0.25) is 0 Å². The van der Waals surface area contributed by atoms with Crippen molar-refractivity contribution in [1.82, 2.24) is 13.9 Å². The van der Waals surface area contributed by atoms with E-state index in [-0.39, 0.29) is 16.0 Å². The minimum absolute atomic E-state index is 0.0143. The molecular weight excluding hydrogens is 261 g/mol. The number of hydrogen-bond acceptors (Lipinski definition) is 4. The zero-order chi connectivity index (χ0) is 11.2. The fourth-order valence-electron chi connectivity index (χ4n) is 1.23. The van der Waals surface area contributed by atoms with E-state index in [1.165, 1.54) is 12.3 Å². The molecule has 0 aliphatic heterocycles. The zero-order valence-corrected chi connectivity index (χ0v) is 9.81. The summed E-state index contributed by atoms with van der Waals surface area (Å²) < 4.78 is 23.7. The number of rotatable bonds is 1. The summed E-state index contributed by atoms with van der Waals surface area (Å²) in [6, 6.07) is 1.51. The molecule has 0 aliphatic carbocycles. The predicted molar refractivity (Wildman–Crippen MR) is 57.8 cm³/mol. The van der Waals surface area contributed by atoms with Gasteiger partial charge in [-0.25, -0.2) is 22.4 Å². The van der Waals surface area contributed by atoms with Gasteiger partial charge in [0.1, 0.15) is 5.52 Å². The van der Waals surface area contributed by atoms with Crippen LogP contribution in [0.25, 0.3) is 11.0 Å². The molecule has 0 radical (unpaired) electrons. The Morgan fingerprint density at radius 1 is 1.33 bits per heavy atom. The lowest BCUT2D eigenvalue weighted by Gasteiger charge is -2.02. The third-order valence-electron chi connectivity index (χ3n) is 1.79. The summed E-state index contributed by atoms with van der Waals surface area (Å²) in [5, 5.41) is -0.000763. The second kappa shape index (κ2) is 3.33. The third-order valence-corrected chi connectivity index (χ3v) is 3.24. The highest BCUT2D eigenvalue weighted by Gasteiger charge is 2.15. The van der Waals surface area contributed by atoms with Crippen molar-refractivity contribution >= 4 is 44.3 Å². The van der Waals surface area contributed by atoms with Crippen LogP contribution < -0.4 is 0 Å². The van der Waals surface area contributed by atoms with Gasteiger partial charge in [0.2, 0.25) is 15.3 Å². The highest BCUT2D eigenvalue weighted by molar-refractivity contribution is 7.89. The van der Waals surface area contributed by atoms with Crippen LogP contribution in [0.1, 0.15) is 0 Å². The SMILES string of the molecule is CS(=O)(=O)n1ccc2nc(Cl)nc(Cl)c21. The fourth-order valence-corrected chi connectivity index (χ4v) is 2.56. The summed E-state index contributed by atoms with van der Waals surface area (Å²) >= 11 is 11.4. The van der Waals surface area contributed by atoms with Crippen molar-refractivity contribution in [2.24, 2.45) is 0 Å². The Bertz CT molecular complexity index is 635. The summed E-state index contributed by atoms with van der Waals surface area (Å²) in [7, 11) is -3.41. The maximum atomic E-state index is 11.4. The molecule has 0 fully saturated rings. The molecule has 0 aromatic carbocycles. The summed E-state index contributed by atoms with van der Waals surface area (Å²) in [6.07, 6.45) is 2.42. The van der Waals surface area contributed by atoms with E-state index in [4.69, 9.17) is 23.2 Å². The van der Waals surface area contributed by atoms with Gasteiger partial charge < -0.3 is 0 Å². The van der Waals surface area contributed by atoms with E-state index in [2.05, 4.69) is 9.97 Å². The molecule has 8 heteroatoms. The van der Waals surface area contributed by atoms with Crippen molar-refractivity contribution in [2.45, 2.75) is 0 Å². The monoisotopic (exact) mass is 265 g/mol. The highest BCUT2D eigenvalue weighted by Crippen LogP contribution is 2.23. The molecule has 2 aromatic rings. The van der Waals surface area contributed by atoms with Gasteiger partial charge in [0.05, 0.1) is 11.8 Å². The normalized spacial score (nSPS) is 12.2. The van der Waals surface area contributed by atoms with E-state index in [1.54, 1.807) is 0 Å². The molecule has 0 atom stereocenters. The summed E-state index contributed by atoms with van der Waals surface area (Å²) in [5.74, 6) is 0. The molecule has 0 unspecified atom stereocenters. The van der Waals surface area contributed by atoms with Gasteiger partial charge in [0.15, 0.2) is 5.15 Å². The van der Waals surface area contributed by atoms with Gasteiger partial charge in [0, 0.05) is 6.20 Å². The van der Waals surface area contributed by atoms with Crippen molar-refractivity contribution < 1.29 is 8.42 Å². The Morgan fingerprint density at radius 2 is 2.00 bits per heavy atom. The molecule has 0 N–H and O–H groups in total. The summed E-state index contributed by atoms with van der Waals surface area (Å²) in [4.78, 5) is 7.54. The zero-order valence-electron chi connectivity index (χ0n) is 7.48. The summed E-state index contributed by atoms with van der Waals surface area (Å²) in [5.41, 5.74) is 0.633. The van der Waals surface area contributed by atoms with Gasteiger partial charge in [-0.05, 0) is 17.7 Å². The quantitative estimate of drug-likeness (QED) is 0.580. The summed E-state index contributed by atoms with van der Waals surface area (Å²) in [6.45, 7) is 0. The van der Waals surface area contributed by atoms with Crippen molar-refractivity contribution in [3.8, 4) is 0 Å². The van der Waals surface area contributed by atoms with Crippen LogP contribution >= 0.6 is 23.2 Å². The van der Waals surface area contributed by atoms with Crippen molar-refractivity contribution in [3.05, 3.63) is 22.7 Å². The molecule has 80 valence electrons. The van der Waals surface area contributed by atoms with Crippen molar-refractivity contribution in [2.75, 3.05) is 6.26 Å². The molecule has 2 heterocycles. The van der Waals surface area contributed by atoms with Crippen molar-refractivity contribution in [3.63, 3.8) is 0 Å². The maximum absolute atomic E-state index is 11.4. The van der Waals surface area contributed by atoms with Crippen LogP contribution in [0.4, 0.5) is 0 Å². The van der Waals surface area contributed by atoms with Gasteiger partial charge in [-0.1, -0.05) is 11.6 Å². The van der Waals surface area contributed by atoms with Crippen LogP contribution in [0, 0.1) is 0 Å². The lowest BCUT2D eigenvalue weighted by Crippen LogP contribution is -2.08. The van der Waals surface area contributed by atoms with Crippen LogP contribution in [-0.4, -0.2) is 28.6 Å². The fraction of sp³-hybridized carbons (Fsp3) is 0.143. The van der Waals surface area contributed by atoms with Crippen LogP contribution in [0.3, 0.4) is 0 Å². The molecule has 0 spiro atoms. The Hall–Kier alpha value is -0.850. The number of fused-ring (bicyclic) bond motifs is 1. The number of aromatic nitrogens is 3. The average Bonchev–Trinajstić information content (AvgIpc) is 2.45. The molecular formula is C7H5Cl2N3O2S. The van der Waals surface area contributed by atoms with E-state index < -0.39 is 10.0 Å². The van der Waals surface area contributed by atoms with Crippen LogP contribution in [0.5, 0.6) is 0 Å². The molecule has 2 rings (SSSR count).